The molecule has 3 aromatic rings. The van der Waals surface area contributed by atoms with Gasteiger partial charge in [-0.3, -0.25) is 9.59 Å². The number of hydrogen-bond acceptors (Lipinski definition) is 3. The predicted molar refractivity (Wildman–Crippen MR) is 92.5 cm³/mol. The summed E-state index contributed by atoms with van der Waals surface area (Å²) in [6.45, 7) is 0.206. The summed E-state index contributed by atoms with van der Waals surface area (Å²) in [4.78, 5) is 27.6. The first-order chi connectivity index (χ1) is 11.6. The molecule has 3 rings (SSSR count). The molecule has 2 aromatic carbocycles. The summed E-state index contributed by atoms with van der Waals surface area (Å²) in [6, 6.07) is 12.4. The molecule has 0 aliphatic heterocycles. The smallest absolute Gasteiger partial charge is 0.292 e. The van der Waals surface area contributed by atoms with E-state index in [2.05, 4.69) is 10.3 Å². The number of aromatic amines is 1. The van der Waals surface area contributed by atoms with Crippen molar-refractivity contribution in [1.82, 2.24) is 10.3 Å². The zero-order chi connectivity index (χ0) is 17.1. The van der Waals surface area contributed by atoms with Crippen LogP contribution in [0.15, 0.2) is 48.7 Å². The molecular formula is C18H15ClN2O3. The fraction of sp³-hybridized carbons (Fsp3) is 0.111. The Morgan fingerprint density at radius 2 is 2.00 bits per heavy atom. The van der Waals surface area contributed by atoms with Gasteiger partial charge in [-0.15, -0.1) is 0 Å². The van der Waals surface area contributed by atoms with E-state index in [0.717, 1.165) is 11.1 Å². The molecule has 0 saturated heterocycles. The minimum Gasteiger partial charge on any atom is -0.496 e. The van der Waals surface area contributed by atoms with Crippen molar-refractivity contribution in [1.29, 1.82) is 0 Å². The molecule has 0 bridgehead atoms. The second-order valence-corrected chi connectivity index (χ2v) is 5.65. The molecule has 0 radical (unpaired) electrons. The summed E-state index contributed by atoms with van der Waals surface area (Å²) in [5, 5.41) is 3.76. The highest BCUT2D eigenvalue weighted by Gasteiger charge is 2.20. The number of amides is 1. The summed E-state index contributed by atoms with van der Waals surface area (Å²) in [7, 11) is 1.56. The molecule has 0 fully saturated rings. The normalized spacial score (nSPS) is 10.6. The standard InChI is InChI=1S/C18H15ClN2O3/c1-24-16-5-3-2-4-11(16)9-21-18(23)17(22)14-10-20-15-7-6-12(19)8-13(14)15/h2-8,10,20H,9H2,1H3,(H,21,23). The Hall–Kier alpha value is -2.79. The highest BCUT2D eigenvalue weighted by molar-refractivity contribution is 6.45. The van der Waals surface area contributed by atoms with Crippen molar-refractivity contribution in [3.05, 3.63) is 64.8 Å². The lowest BCUT2D eigenvalue weighted by Crippen LogP contribution is -2.30. The van der Waals surface area contributed by atoms with Gasteiger partial charge < -0.3 is 15.0 Å². The maximum atomic E-state index is 12.4. The second kappa shape index (κ2) is 6.76. The second-order valence-electron chi connectivity index (χ2n) is 5.22. The van der Waals surface area contributed by atoms with Crippen LogP contribution < -0.4 is 10.1 Å². The van der Waals surface area contributed by atoms with Crippen molar-refractivity contribution < 1.29 is 14.3 Å². The van der Waals surface area contributed by atoms with Crippen molar-refractivity contribution in [2.75, 3.05) is 7.11 Å². The van der Waals surface area contributed by atoms with Gasteiger partial charge in [-0.25, -0.2) is 0 Å². The number of benzene rings is 2. The zero-order valence-electron chi connectivity index (χ0n) is 12.9. The molecule has 0 spiro atoms. The highest BCUT2D eigenvalue weighted by Crippen LogP contribution is 2.23. The van der Waals surface area contributed by atoms with Gasteiger partial charge in [0, 0.05) is 34.2 Å². The molecule has 5 nitrogen and oxygen atoms in total. The van der Waals surface area contributed by atoms with Crippen LogP contribution in [0.3, 0.4) is 0 Å². The van der Waals surface area contributed by atoms with E-state index in [-0.39, 0.29) is 6.54 Å². The monoisotopic (exact) mass is 342 g/mol. The molecule has 0 unspecified atom stereocenters. The van der Waals surface area contributed by atoms with E-state index in [4.69, 9.17) is 16.3 Å². The molecule has 2 N–H and O–H groups in total. The van der Waals surface area contributed by atoms with Gasteiger partial charge in [0.05, 0.1) is 12.7 Å². The topological polar surface area (TPSA) is 71.2 Å². The minimum atomic E-state index is -0.679. The predicted octanol–water partition coefficient (Wildman–Crippen LogP) is 3.33. The average molecular weight is 343 g/mol. The van der Waals surface area contributed by atoms with Crippen molar-refractivity contribution in [3.8, 4) is 5.75 Å². The van der Waals surface area contributed by atoms with Gasteiger partial charge >= 0.3 is 0 Å². The third-order valence-corrected chi connectivity index (χ3v) is 3.96. The van der Waals surface area contributed by atoms with E-state index in [1.165, 1.54) is 6.20 Å². The van der Waals surface area contributed by atoms with E-state index < -0.39 is 11.7 Å². The molecule has 1 aromatic heterocycles. The first-order valence-electron chi connectivity index (χ1n) is 7.31. The number of hydrogen-bond donors (Lipinski definition) is 2. The molecule has 0 atom stereocenters. The van der Waals surface area contributed by atoms with Crippen LogP contribution in [0.5, 0.6) is 5.75 Å². The number of ketones is 1. The molecule has 0 aliphatic carbocycles. The van der Waals surface area contributed by atoms with Crippen LogP contribution in [0.2, 0.25) is 5.02 Å². The van der Waals surface area contributed by atoms with Crippen molar-refractivity contribution >= 4 is 34.2 Å². The van der Waals surface area contributed by atoms with Crippen LogP contribution in [0, 0.1) is 0 Å². The van der Waals surface area contributed by atoms with E-state index in [1.807, 2.05) is 18.2 Å². The molecule has 0 aliphatic rings. The van der Waals surface area contributed by atoms with Crippen molar-refractivity contribution in [3.63, 3.8) is 0 Å². The number of methoxy groups -OCH3 is 1. The quantitative estimate of drug-likeness (QED) is 0.552. The zero-order valence-corrected chi connectivity index (χ0v) is 13.7. The van der Waals surface area contributed by atoms with E-state index in [1.54, 1.807) is 31.4 Å². The molecule has 1 amide bonds. The Morgan fingerprint density at radius 1 is 1.21 bits per heavy atom. The van der Waals surface area contributed by atoms with Gasteiger partial charge in [0.2, 0.25) is 0 Å². The lowest BCUT2D eigenvalue weighted by Gasteiger charge is -2.09. The summed E-state index contributed by atoms with van der Waals surface area (Å²) in [6.07, 6.45) is 1.52. The summed E-state index contributed by atoms with van der Waals surface area (Å²) < 4.78 is 5.23. The third-order valence-electron chi connectivity index (χ3n) is 3.73. The van der Waals surface area contributed by atoms with E-state index in [0.29, 0.717) is 21.7 Å². The van der Waals surface area contributed by atoms with E-state index in [9.17, 15) is 9.59 Å². The molecule has 122 valence electrons. The van der Waals surface area contributed by atoms with Crippen molar-refractivity contribution in [2.45, 2.75) is 6.54 Å². The van der Waals surface area contributed by atoms with Gasteiger partial charge in [0.15, 0.2) is 0 Å². The number of Topliss-reactive ketones (excluding diaryl/α,β-unsaturated/α-hetero) is 1. The third kappa shape index (κ3) is 3.12. The molecule has 24 heavy (non-hydrogen) atoms. The number of aromatic nitrogens is 1. The van der Waals surface area contributed by atoms with Crippen LogP contribution in [-0.4, -0.2) is 23.8 Å². The fourth-order valence-electron chi connectivity index (χ4n) is 2.51. The van der Waals surface area contributed by atoms with E-state index >= 15 is 0 Å². The average Bonchev–Trinajstić information content (AvgIpc) is 3.02. The largest absolute Gasteiger partial charge is 0.496 e. The van der Waals surface area contributed by atoms with Crippen LogP contribution in [0.25, 0.3) is 10.9 Å². The SMILES string of the molecule is COc1ccccc1CNC(=O)C(=O)c1c[nH]c2ccc(Cl)cc12. The molecule has 1 heterocycles. The molecule has 6 heteroatoms. The Balaban J connectivity index is 1.77. The first kappa shape index (κ1) is 16.1. The number of carbonyl (C=O) groups is 2. The number of rotatable bonds is 5. The highest BCUT2D eigenvalue weighted by atomic mass is 35.5. The maximum Gasteiger partial charge on any atom is 0.292 e. The van der Waals surface area contributed by atoms with Gasteiger partial charge in [0.25, 0.3) is 11.7 Å². The van der Waals surface area contributed by atoms with Crippen LogP contribution in [0.4, 0.5) is 0 Å². The number of carbonyl (C=O) groups excluding carboxylic acids is 2. The van der Waals surface area contributed by atoms with Gasteiger partial charge in [0.1, 0.15) is 5.75 Å². The number of para-hydroxylation sites is 1. The Bertz CT molecular complexity index is 918. The molecule has 0 saturated carbocycles. The van der Waals surface area contributed by atoms with Gasteiger partial charge in [-0.2, -0.15) is 0 Å². The lowest BCUT2D eigenvalue weighted by atomic mass is 10.1. The number of nitrogens with one attached hydrogen (secondary N) is 2. The van der Waals surface area contributed by atoms with Gasteiger partial charge in [-0.1, -0.05) is 29.8 Å². The van der Waals surface area contributed by atoms with Crippen LogP contribution >= 0.6 is 11.6 Å². The van der Waals surface area contributed by atoms with Crippen LogP contribution in [0.1, 0.15) is 15.9 Å². The number of H-pyrrole nitrogens is 1. The maximum absolute atomic E-state index is 12.4. The molecular weight excluding hydrogens is 328 g/mol. The lowest BCUT2D eigenvalue weighted by molar-refractivity contribution is -0.117. The number of fused-ring (bicyclic) bond motifs is 1. The summed E-state index contributed by atoms with van der Waals surface area (Å²) >= 11 is 5.97. The Morgan fingerprint density at radius 3 is 2.79 bits per heavy atom. The van der Waals surface area contributed by atoms with Crippen LogP contribution in [-0.2, 0) is 11.3 Å². The number of halogens is 1. The minimum absolute atomic E-state index is 0.206. The summed E-state index contributed by atoms with van der Waals surface area (Å²) in [5.74, 6) is -0.635. The first-order valence-corrected chi connectivity index (χ1v) is 7.69. The Labute approximate surface area is 143 Å². The number of ether oxygens (including phenoxy) is 1. The summed E-state index contributed by atoms with van der Waals surface area (Å²) in [5.41, 5.74) is 1.84. The Kier molecular flexibility index (Phi) is 4.53. The van der Waals surface area contributed by atoms with Crippen molar-refractivity contribution in [2.24, 2.45) is 0 Å². The fourth-order valence-corrected chi connectivity index (χ4v) is 2.68. The van der Waals surface area contributed by atoms with Gasteiger partial charge in [-0.05, 0) is 24.3 Å².